The lowest BCUT2D eigenvalue weighted by atomic mass is 10.3. The van der Waals surface area contributed by atoms with Crippen LogP contribution in [0, 0.1) is 0 Å². The second-order valence-electron chi connectivity index (χ2n) is 4.08. The summed E-state index contributed by atoms with van der Waals surface area (Å²) in [6.07, 6.45) is 1.74. The van der Waals surface area contributed by atoms with E-state index in [1.807, 2.05) is 13.8 Å². The number of aromatic nitrogens is 5. The lowest BCUT2D eigenvalue weighted by molar-refractivity contribution is 0.529. The molecule has 2 rings (SSSR count). The van der Waals surface area contributed by atoms with Crippen LogP contribution in [0.4, 0.5) is 0 Å². The maximum atomic E-state index is 11.4. The van der Waals surface area contributed by atoms with E-state index in [-0.39, 0.29) is 11.2 Å². The zero-order valence-electron chi connectivity index (χ0n) is 10.1. The van der Waals surface area contributed by atoms with E-state index in [9.17, 15) is 8.42 Å². The largest absolute Gasteiger partial charge is 0.296 e. The summed E-state index contributed by atoms with van der Waals surface area (Å²) in [4.78, 5) is 0. The number of hydrogen-bond acceptors (Lipinski definition) is 5. The van der Waals surface area contributed by atoms with Crippen molar-refractivity contribution in [3.63, 3.8) is 0 Å². The number of rotatable bonds is 3. The Kier molecular flexibility index (Phi) is 3.16. The molecule has 18 heavy (non-hydrogen) atoms. The van der Waals surface area contributed by atoms with Crippen LogP contribution in [0.5, 0.6) is 0 Å². The first-order chi connectivity index (χ1) is 8.30. The molecule has 9 heteroatoms. The summed E-state index contributed by atoms with van der Waals surface area (Å²) >= 11 is 0. The van der Waals surface area contributed by atoms with Crippen LogP contribution in [0.3, 0.4) is 0 Å². The second kappa shape index (κ2) is 4.36. The van der Waals surface area contributed by atoms with Crippen molar-refractivity contribution in [3.8, 4) is 11.5 Å². The number of nitrogens with zero attached hydrogens (tertiary/aromatic N) is 5. The van der Waals surface area contributed by atoms with Gasteiger partial charge in [-0.3, -0.25) is 9.25 Å². The van der Waals surface area contributed by atoms with Crippen molar-refractivity contribution in [2.45, 2.75) is 25.0 Å². The van der Waals surface area contributed by atoms with Crippen LogP contribution >= 0.6 is 10.7 Å². The molecule has 0 saturated carbocycles. The summed E-state index contributed by atoms with van der Waals surface area (Å²) < 4.78 is 25.9. The number of halogens is 1. The standard InChI is InChI=1S/C9H12ClN5O2S/c1-6(2)15-8(7-4-5-14(3)13-7)11-12-9(15)18(10,16)17/h4-6H,1-3H3. The highest BCUT2D eigenvalue weighted by Gasteiger charge is 2.25. The summed E-state index contributed by atoms with van der Waals surface area (Å²) in [5, 5.41) is 11.4. The van der Waals surface area contributed by atoms with Crippen molar-refractivity contribution in [3.05, 3.63) is 12.3 Å². The molecule has 0 radical (unpaired) electrons. The molecule has 0 fully saturated rings. The molecule has 0 spiro atoms. The van der Waals surface area contributed by atoms with Gasteiger partial charge in [0, 0.05) is 30.0 Å². The lowest BCUT2D eigenvalue weighted by Crippen LogP contribution is -2.10. The minimum atomic E-state index is -3.93. The van der Waals surface area contributed by atoms with Crippen LogP contribution in [0.15, 0.2) is 17.4 Å². The first-order valence-corrected chi connectivity index (χ1v) is 7.51. The van der Waals surface area contributed by atoms with Crippen LogP contribution in [-0.4, -0.2) is 33.0 Å². The zero-order valence-corrected chi connectivity index (χ0v) is 11.6. The highest BCUT2D eigenvalue weighted by Crippen LogP contribution is 2.24. The molecule has 0 aliphatic rings. The van der Waals surface area contributed by atoms with Gasteiger partial charge in [0.2, 0.25) is 0 Å². The summed E-state index contributed by atoms with van der Waals surface area (Å²) in [6.45, 7) is 3.64. The topological polar surface area (TPSA) is 82.7 Å². The molecule has 0 N–H and O–H groups in total. The molecule has 0 unspecified atom stereocenters. The van der Waals surface area contributed by atoms with Crippen LogP contribution in [-0.2, 0) is 16.1 Å². The minimum Gasteiger partial charge on any atom is -0.293 e. The molecule has 98 valence electrons. The van der Waals surface area contributed by atoms with Crippen LogP contribution in [0.1, 0.15) is 19.9 Å². The molecule has 0 aromatic carbocycles. The van der Waals surface area contributed by atoms with E-state index >= 15 is 0 Å². The van der Waals surface area contributed by atoms with Gasteiger partial charge in [-0.1, -0.05) is 0 Å². The fourth-order valence-corrected chi connectivity index (χ4v) is 2.60. The van der Waals surface area contributed by atoms with E-state index in [2.05, 4.69) is 15.3 Å². The molecular formula is C9H12ClN5O2S. The quantitative estimate of drug-likeness (QED) is 0.793. The Morgan fingerprint density at radius 1 is 1.33 bits per heavy atom. The minimum absolute atomic E-state index is 0.152. The predicted octanol–water partition coefficient (Wildman–Crippen LogP) is 1.19. The molecule has 2 heterocycles. The molecule has 0 saturated heterocycles. The average molecular weight is 290 g/mol. The highest BCUT2D eigenvalue weighted by molar-refractivity contribution is 8.13. The Morgan fingerprint density at radius 3 is 2.44 bits per heavy atom. The molecule has 0 aliphatic heterocycles. The zero-order chi connectivity index (χ0) is 13.5. The number of aryl methyl sites for hydroxylation is 1. The van der Waals surface area contributed by atoms with Crippen LogP contribution in [0.2, 0.25) is 0 Å². The lowest BCUT2D eigenvalue weighted by Gasteiger charge is -2.10. The van der Waals surface area contributed by atoms with E-state index < -0.39 is 9.05 Å². The molecule has 0 atom stereocenters. The van der Waals surface area contributed by atoms with Crippen molar-refractivity contribution >= 4 is 19.7 Å². The van der Waals surface area contributed by atoms with E-state index in [1.165, 1.54) is 4.57 Å². The Morgan fingerprint density at radius 2 is 2.00 bits per heavy atom. The van der Waals surface area contributed by atoms with Crippen molar-refractivity contribution in [2.24, 2.45) is 7.05 Å². The Hall–Kier alpha value is -1.41. The highest BCUT2D eigenvalue weighted by atomic mass is 35.7. The molecule has 2 aromatic rings. The van der Waals surface area contributed by atoms with Crippen LogP contribution in [0.25, 0.3) is 11.5 Å². The van der Waals surface area contributed by atoms with Gasteiger partial charge in [0.05, 0.1) is 0 Å². The van der Waals surface area contributed by atoms with Gasteiger partial charge in [-0.25, -0.2) is 8.42 Å². The Balaban J connectivity index is 2.67. The van der Waals surface area contributed by atoms with Gasteiger partial charge in [0.15, 0.2) is 5.82 Å². The second-order valence-corrected chi connectivity index (χ2v) is 6.54. The SMILES string of the molecule is CC(C)n1c(-c2ccn(C)n2)nnc1S(=O)(=O)Cl. The fourth-order valence-electron chi connectivity index (χ4n) is 1.62. The van der Waals surface area contributed by atoms with Gasteiger partial charge in [0.1, 0.15) is 5.69 Å². The summed E-state index contributed by atoms with van der Waals surface area (Å²) in [7, 11) is 3.17. The number of hydrogen-bond donors (Lipinski definition) is 0. The van der Waals surface area contributed by atoms with Crippen molar-refractivity contribution in [2.75, 3.05) is 0 Å². The van der Waals surface area contributed by atoms with Gasteiger partial charge in [-0.05, 0) is 19.9 Å². The molecule has 0 aliphatic carbocycles. The molecule has 7 nitrogen and oxygen atoms in total. The molecular weight excluding hydrogens is 278 g/mol. The maximum absolute atomic E-state index is 11.4. The Bertz CT molecular complexity index is 673. The van der Waals surface area contributed by atoms with Gasteiger partial charge < -0.3 is 0 Å². The van der Waals surface area contributed by atoms with E-state index in [1.54, 1.807) is 24.0 Å². The average Bonchev–Trinajstić information content (AvgIpc) is 2.80. The first kappa shape index (κ1) is 13.0. The summed E-state index contributed by atoms with van der Waals surface area (Å²) in [5.74, 6) is 0.379. The van der Waals surface area contributed by atoms with Crippen LogP contribution < -0.4 is 0 Å². The van der Waals surface area contributed by atoms with E-state index in [0.717, 1.165) is 0 Å². The van der Waals surface area contributed by atoms with E-state index in [0.29, 0.717) is 11.5 Å². The smallest absolute Gasteiger partial charge is 0.293 e. The molecule has 2 aromatic heterocycles. The molecule has 0 bridgehead atoms. The van der Waals surface area contributed by atoms with Crippen molar-refractivity contribution in [1.29, 1.82) is 0 Å². The van der Waals surface area contributed by atoms with Crippen molar-refractivity contribution in [1.82, 2.24) is 24.5 Å². The van der Waals surface area contributed by atoms with Gasteiger partial charge in [-0.15, -0.1) is 10.2 Å². The monoisotopic (exact) mass is 289 g/mol. The third kappa shape index (κ3) is 2.25. The van der Waals surface area contributed by atoms with Gasteiger partial charge in [0.25, 0.3) is 14.2 Å². The fraction of sp³-hybridized carbons (Fsp3) is 0.444. The first-order valence-electron chi connectivity index (χ1n) is 5.20. The normalized spacial score (nSPS) is 12.3. The summed E-state index contributed by atoms with van der Waals surface area (Å²) in [6, 6.07) is 1.58. The van der Waals surface area contributed by atoms with Crippen molar-refractivity contribution < 1.29 is 8.42 Å². The van der Waals surface area contributed by atoms with E-state index in [4.69, 9.17) is 10.7 Å². The Labute approximate surface area is 109 Å². The predicted molar refractivity (Wildman–Crippen MR) is 65.6 cm³/mol. The third-order valence-corrected chi connectivity index (χ3v) is 3.47. The van der Waals surface area contributed by atoms with Gasteiger partial charge >= 0.3 is 0 Å². The maximum Gasteiger partial charge on any atom is 0.296 e. The third-order valence-electron chi connectivity index (χ3n) is 2.34. The molecule has 0 amide bonds. The summed E-state index contributed by atoms with van der Waals surface area (Å²) in [5.41, 5.74) is 0.547. The van der Waals surface area contributed by atoms with Gasteiger partial charge in [-0.2, -0.15) is 5.10 Å².